The second kappa shape index (κ2) is 7.41. The first-order valence-electron chi connectivity index (χ1n) is 7.47. The summed E-state index contributed by atoms with van der Waals surface area (Å²) in [6, 6.07) is 0.935. The third-order valence-corrected chi connectivity index (χ3v) is 4.93. The Morgan fingerprint density at radius 2 is 1.67 bits per heavy atom. The molecule has 18 heavy (non-hydrogen) atoms. The predicted molar refractivity (Wildman–Crippen MR) is 84.6 cm³/mol. The van der Waals surface area contributed by atoms with E-state index in [2.05, 4.69) is 9.80 Å². The van der Waals surface area contributed by atoms with E-state index in [4.69, 9.17) is 4.74 Å². The van der Waals surface area contributed by atoms with Crippen LogP contribution >= 0.6 is 24.0 Å². The van der Waals surface area contributed by atoms with Gasteiger partial charge in [0.1, 0.15) is 0 Å². The Morgan fingerprint density at radius 1 is 0.889 bits per heavy atom. The molecule has 0 radical (unpaired) electrons. The minimum Gasteiger partial charge on any atom is -0.379 e. The Balaban J connectivity index is 0.00000120. The fourth-order valence-electron chi connectivity index (χ4n) is 3.88. The fraction of sp³-hybridized carbons (Fsp3) is 1.00. The van der Waals surface area contributed by atoms with Crippen molar-refractivity contribution in [3.05, 3.63) is 0 Å². The third-order valence-electron chi connectivity index (χ3n) is 4.93. The van der Waals surface area contributed by atoms with E-state index in [1.807, 2.05) is 0 Å². The Hall–Kier alpha value is 0.610. The first-order valence-corrected chi connectivity index (χ1v) is 7.47. The molecule has 0 amide bonds. The van der Waals surface area contributed by atoms with Crippen molar-refractivity contribution in [1.82, 2.24) is 9.80 Å². The first kappa shape index (κ1) is 15.0. The summed E-state index contributed by atoms with van der Waals surface area (Å²) in [6.45, 7) is 8.06. The average molecular weight is 366 g/mol. The second-order valence-corrected chi connectivity index (χ2v) is 5.89. The van der Waals surface area contributed by atoms with Gasteiger partial charge in [0.05, 0.1) is 13.2 Å². The molecule has 0 unspecified atom stereocenters. The molecule has 0 bridgehead atoms. The number of halogens is 1. The lowest BCUT2D eigenvalue weighted by Gasteiger charge is -2.34. The molecule has 3 aliphatic rings. The van der Waals surface area contributed by atoms with E-state index in [0.29, 0.717) is 0 Å². The fourth-order valence-corrected chi connectivity index (χ4v) is 3.88. The molecule has 4 heteroatoms. The summed E-state index contributed by atoms with van der Waals surface area (Å²) < 4.78 is 5.40. The minimum atomic E-state index is 0. The van der Waals surface area contributed by atoms with Gasteiger partial charge in [-0.15, -0.1) is 24.0 Å². The third kappa shape index (κ3) is 3.58. The van der Waals surface area contributed by atoms with Crippen LogP contribution in [0.15, 0.2) is 0 Å². The number of morpholine rings is 1. The van der Waals surface area contributed by atoms with Gasteiger partial charge < -0.3 is 4.74 Å². The summed E-state index contributed by atoms with van der Waals surface area (Å²) in [5.74, 6) is 1.04. The lowest BCUT2D eigenvalue weighted by Crippen LogP contribution is -2.43. The Morgan fingerprint density at radius 3 is 2.50 bits per heavy atom. The number of fused-ring (bicyclic) bond motifs is 1. The van der Waals surface area contributed by atoms with Crippen molar-refractivity contribution in [2.24, 2.45) is 5.92 Å². The number of nitrogens with zero attached hydrogens (tertiary/aromatic N) is 2. The topological polar surface area (TPSA) is 15.7 Å². The van der Waals surface area contributed by atoms with Crippen molar-refractivity contribution < 1.29 is 4.74 Å². The molecule has 2 heterocycles. The van der Waals surface area contributed by atoms with Gasteiger partial charge in [-0.2, -0.15) is 0 Å². The van der Waals surface area contributed by atoms with Gasteiger partial charge in [0.25, 0.3) is 0 Å². The average Bonchev–Trinajstić information content (AvgIpc) is 2.81. The second-order valence-electron chi connectivity index (χ2n) is 5.89. The number of hydrogen-bond acceptors (Lipinski definition) is 3. The highest BCUT2D eigenvalue weighted by Gasteiger charge is 2.35. The van der Waals surface area contributed by atoms with Crippen LogP contribution < -0.4 is 0 Å². The number of rotatable bonds is 3. The highest BCUT2D eigenvalue weighted by molar-refractivity contribution is 14.0. The zero-order chi connectivity index (χ0) is 11.5. The minimum absolute atomic E-state index is 0. The molecule has 0 aromatic carbocycles. The maximum atomic E-state index is 5.40. The summed E-state index contributed by atoms with van der Waals surface area (Å²) in [4.78, 5) is 5.35. The molecule has 2 aliphatic heterocycles. The van der Waals surface area contributed by atoms with E-state index in [1.165, 1.54) is 51.7 Å². The van der Waals surface area contributed by atoms with Crippen molar-refractivity contribution >= 4 is 24.0 Å². The van der Waals surface area contributed by atoms with Crippen LogP contribution in [0.1, 0.15) is 32.1 Å². The molecule has 0 spiro atoms. The van der Waals surface area contributed by atoms with E-state index in [-0.39, 0.29) is 24.0 Å². The molecule has 2 atom stereocenters. The largest absolute Gasteiger partial charge is 0.379 e. The van der Waals surface area contributed by atoms with Crippen molar-refractivity contribution in [2.45, 2.75) is 38.1 Å². The van der Waals surface area contributed by atoms with Crippen molar-refractivity contribution in [3.8, 4) is 0 Å². The van der Waals surface area contributed by atoms with Gasteiger partial charge in [-0.25, -0.2) is 0 Å². The van der Waals surface area contributed by atoms with Gasteiger partial charge >= 0.3 is 0 Å². The van der Waals surface area contributed by atoms with Crippen molar-refractivity contribution in [2.75, 3.05) is 45.9 Å². The van der Waals surface area contributed by atoms with Crippen LogP contribution in [0.5, 0.6) is 0 Å². The summed E-state index contributed by atoms with van der Waals surface area (Å²) >= 11 is 0. The molecule has 1 saturated carbocycles. The van der Waals surface area contributed by atoms with Crippen LogP contribution in [-0.4, -0.2) is 61.8 Å². The number of likely N-dealkylation sites (tertiary alicyclic amines) is 1. The number of hydrogen-bond donors (Lipinski definition) is 0. The molecule has 0 aromatic heterocycles. The lowest BCUT2D eigenvalue weighted by molar-refractivity contribution is 0.0314. The summed E-state index contributed by atoms with van der Waals surface area (Å²) in [5, 5.41) is 0. The van der Waals surface area contributed by atoms with Gasteiger partial charge in [0.15, 0.2) is 0 Å². The molecule has 0 N–H and O–H groups in total. The smallest absolute Gasteiger partial charge is 0.0594 e. The van der Waals surface area contributed by atoms with Gasteiger partial charge in [-0.05, 0) is 31.7 Å². The molecule has 1 aliphatic carbocycles. The first-order chi connectivity index (χ1) is 8.43. The van der Waals surface area contributed by atoms with Crippen LogP contribution in [0.3, 0.4) is 0 Å². The van der Waals surface area contributed by atoms with E-state index < -0.39 is 0 Å². The highest BCUT2D eigenvalue weighted by Crippen LogP contribution is 2.35. The Kier molecular flexibility index (Phi) is 6.18. The zero-order valence-corrected chi connectivity index (χ0v) is 13.7. The van der Waals surface area contributed by atoms with Gasteiger partial charge in [0.2, 0.25) is 0 Å². The molecule has 3 rings (SSSR count). The van der Waals surface area contributed by atoms with Crippen molar-refractivity contribution in [1.29, 1.82) is 0 Å². The highest BCUT2D eigenvalue weighted by atomic mass is 127. The molecule has 3 nitrogen and oxygen atoms in total. The van der Waals surface area contributed by atoms with E-state index in [0.717, 1.165) is 38.3 Å². The lowest BCUT2D eigenvalue weighted by atomic mass is 9.85. The Bertz CT molecular complexity index is 246. The Labute approximate surface area is 128 Å². The quantitative estimate of drug-likeness (QED) is 0.713. The predicted octanol–water partition coefficient (Wildman–Crippen LogP) is 2.20. The SMILES string of the molecule is C1CC[C@H]2[C@@H](C1)CCN2CCN1CCOCC1.I. The number of ether oxygens (including phenoxy) is 1. The van der Waals surface area contributed by atoms with Gasteiger partial charge in [-0.1, -0.05) is 12.8 Å². The molecular weight excluding hydrogens is 339 g/mol. The van der Waals surface area contributed by atoms with E-state index >= 15 is 0 Å². The van der Waals surface area contributed by atoms with E-state index in [9.17, 15) is 0 Å². The maximum Gasteiger partial charge on any atom is 0.0594 e. The van der Waals surface area contributed by atoms with Crippen molar-refractivity contribution in [3.63, 3.8) is 0 Å². The van der Waals surface area contributed by atoms with Gasteiger partial charge in [-0.3, -0.25) is 9.80 Å². The maximum absolute atomic E-state index is 5.40. The zero-order valence-electron chi connectivity index (χ0n) is 11.4. The normalized spacial score (nSPS) is 34.0. The van der Waals surface area contributed by atoms with Crippen LogP contribution in [-0.2, 0) is 4.74 Å². The summed E-state index contributed by atoms with van der Waals surface area (Å²) in [6.07, 6.45) is 7.38. The van der Waals surface area contributed by atoms with Crippen LogP contribution in [0.25, 0.3) is 0 Å². The standard InChI is InChI=1S/C14H26N2O.HI/c1-2-4-14-13(3-1)5-6-16(14)8-7-15-9-11-17-12-10-15;/h13-14H,1-12H2;1H/t13-,14-;/m0./s1. The van der Waals surface area contributed by atoms with Gasteiger partial charge in [0, 0.05) is 32.2 Å². The molecular formula is C14H27IN2O. The van der Waals surface area contributed by atoms with E-state index in [1.54, 1.807) is 0 Å². The van der Waals surface area contributed by atoms with Crippen LogP contribution in [0, 0.1) is 5.92 Å². The molecule has 2 saturated heterocycles. The molecule has 106 valence electrons. The monoisotopic (exact) mass is 366 g/mol. The summed E-state index contributed by atoms with van der Waals surface area (Å²) in [7, 11) is 0. The van der Waals surface area contributed by atoms with Crippen LogP contribution in [0.4, 0.5) is 0 Å². The van der Waals surface area contributed by atoms with Crippen LogP contribution in [0.2, 0.25) is 0 Å². The molecule has 3 fully saturated rings. The summed E-state index contributed by atoms with van der Waals surface area (Å²) in [5.41, 5.74) is 0. The molecule has 0 aromatic rings.